The fraction of sp³-hybridized carbons (Fsp3) is 0.500. The normalized spacial score (nSPS) is 12.0. The van der Waals surface area contributed by atoms with Crippen LogP contribution >= 0.6 is 0 Å². The molecule has 0 bridgehead atoms. The van der Waals surface area contributed by atoms with E-state index in [1.807, 2.05) is 0 Å². The van der Waals surface area contributed by atoms with Crippen LogP contribution in [0.5, 0.6) is 0 Å². The van der Waals surface area contributed by atoms with E-state index in [2.05, 4.69) is 25.0 Å². The van der Waals surface area contributed by atoms with Crippen molar-refractivity contribution in [1.29, 1.82) is 0 Å². The molecule has 0 unspecified atom stereocenters. The Bertz CT molecular complexity index is 503. The Morgan fingerprint density at radius 3 is 2.71 bits per heavy atom. The van der Waals surface area contributed by atoms with Crippen molar-refractivity contribution in [1.82, 2.24) is 25.1 Å². The number of hydrogen-bond donors (Lipinski definition) is 0. The first kappa shape index (κ1) is 11.6. The highest BCUT2D eigenvalue weighted by molar-refractivity contribution is 5.11. The van der Waals surface area contributed by atoms with Gasteiger partial charge in [-0.15, -0.1) is 0 Å². The zero-order valence-corrected chi connectivity index (χ0v) is 8.77. The van der Waals surface area contributed by atoms with Gasteiger partial charge >= 0.3 is 6.18 Å². The van der Waals surface area contributed by atoms with Crippen LogP contribution in [0.25, 0.3) is 0 Å². The second-order valence-corrected chi connectivity index (χ2v) is 3.42. The van der Waals surface area contributed by atoms with Gasteiger partial charge in [0.1, 0.15) is 30.1 Å². The van der Waals surface area contributed by atoms with Crippen molar-refractivity contribution in [2.24, 2.45) is 0 Å². The molecule has 2 aromatic heterocycles. The van der Waals surface area contributed by atoms with Crippen molar-refractivity contribution < 1.29 is 17.8 Å². The highest BCUT2D eigenvalue weighted by Crippen LogP contribution is 2.18. The fourth-order valence-electron chi connectivity index (χ4n) is 1.29. The minimum atomic E-state index is -4.33. The van der Waals surface area contributed by atoms with Gasteiger partial charge in [-0.05, 0) is 6.92 Å². The maximum atomic E-state index is 12.2. The summed E-state index contributed by atoms with van der Waals surface area (Å²) in [5.74, 6) is 0.168. The van der Waals surface area contributed by atoms with E-state index in [-0.39, 0.29) is 12.2 Å². The number of aromatic nitrogens is 5. The minimum absolute atomic E-state index is 0.103. The van der Waals surface area contributed by atoms with Crippen molar-refractivity contribution in [3.63, 3.8) is 0 Å². The third kappa shape index (κ3) is 2.80. The van der Waals surface area contributed by atoms with Crippen LogP contribution in [0.4, 0.5) is 13.2 Å². The molecule has 6 nitrogen and oxygen atoms in total. The molecule has 0 fully saturated rings. The molecule has 0 saturated heterocycles. The van der Waals surface area contributed by atoms with Crippen LogP contribution in [0.3, 0.4) is 0 Å². The molecule has 0 radical (unpaired) electrons. The average Bonchev–Trinajstić information content (AvgIpc) is 2.76. The molecule has 2 heterocycles. The molecule has 92 valence electrons. The summed E-state index contributed by atoms with van der Waals surface area (Å²) in [6.07, 6.45) is -3.16. The maximum Gasteiger partial charge on any atom is 0.408 e. The summed E-state index contributed by atoms with van der Waals surface area (Å²) >= 11 is 0. The van der Waals surface area contributed by atoms with Crippen molar-refractivity contribution in [2.75, 3.05) is 0 Å². The number of hydrogen-bond acceptors (Lipinski definition) is 5. The topological polar surface area (TPSA) is 69.6 Å². The monoisotopic (exact) mass is 247 g/mol. The van der Waals surface area contributed by atoms with Crippen LogP contribution in [0.15, 0.2) is 11.0 Å². The average molecular weight is 247 g/mol. The minimum Gasteiger partial charge on any atom is -0.244 e. The van der Waals surface area contributed by atoms with E-state index in [0.29, 0.717) is 11.4 Å². The van der Waals surface area contributed by atoms with Crippen LogP contribution in [0.1, 0.15) is 17.2 Å². The predicted octanol–water partition coefficient (Wildman–Crippen LogP) is 1.12. The van der Waals surface area contributed by atoms with Gasteiger partial charge in [0, 0.05) is 0 Å². The predicted molar refractivity (Wildman–Crippen MR) is 47.9 cm³/mol. The first-order chi connectivity index (χ1) is 7.96. The standard InChI is InChI=1S/C8H8F3N5O/c1-5-6(15-17-14-5)2-7-12-4-13-16(7)3-8(9,10)11/h4H,2-3H2,1H3. The van der Waals surface area contributed by atoms with Gasteiger partial charge < -0.3 is 0 Å². The zero-order chi connectivity index (χ0) is 12.5. The first-order valence-electron chi connectivity index (χ1n) is 4.67. The van der Waals surface area contributed by atoms with Crippen LogP contribution in [0.2, 0.25) is 0 Å². The van der Waals surface area contributed by atoms with Crippen molar-refractivity contribution in [3.8, 4) is 0 Å². The van der Waals surface area contributed by atoms with E-state index in [0.717, 1.165) is 11.0 Å². The van der Waals surface area contributed by atoms with Crippen LogP contribution in [-0.2, 0) is 13.0 Å². The summed E-state index contributed by atoms with van der Waals surface area (Å²) in [5.41, 5.74) is 0.966. The first-order valence-corrected chi connectivity index (χ1v) is 4.67. The number of nitrogens with zero attached hydrogens (tertiary/aromatic N) is 5. The fourth-order valence-corrected chi connectivity index (χ4v) is 1.29. The number of halogens is 3. The lowest BCUT2D eigenvalue weighted by molar-refractivity contribution is -0.143. The molecule has 17 heavy (non-hydrogen) atoms. The summed E-state index contributed by atoms with van der Waals surface area (Å²) in [6, 6.07) is 0. The highest BCUT2D eigenvalue weighted by atomic mass is 19.4. The lowest BCUT2D eigenvalue weighted by Crippen LogP contribution is -2.20. The molecule has 9 heteroatoms. The molecule has 0 N–H and O–H groups in total. The Morgan fingerprint density at radius 1 is 1.35 bits per heavy atom. The maximum absolute atomic E-state index is 12.2. The quantitative estimate of drug-likeness (QED) is 0.812. The summed E-state index contributed by atoms with van der Waals surface area (Å²) in [4.78, 5) is 3.76. The number of alkyl halides is 3. The Labute approximate surface area is 93.4 Å². The molecule has 0 atom stereocenters. The van der Waals surface area contributed by atoms with E-state index in [1.165, 1.54) is 0 Å². The summed E-state index contributed by atoms with van der Waals surface area (Å²) < 4.78 is 41.9. The van der Waals surface area contributed by atoms with E-state index in [9.17, 15) is 13.2 Å². The Morgan fingerprint density at radius 2 is 2.12 bits per heavy atom. The zero-order valence-electron chi connectivity index (χ0n) is 8.77. The molecule has 0 aliphatic rings. The molecular weight excluding hydrogens is 239 g/mol. The smallest absolute Gasteiger partial charge is 0.244 e. The Hall–Kier alpha value is -1.93. The molecule has 0 saturated carbocycles. The van der Waals surface area contributed by atoms with E-state index >= 15 is 0 Å². The molecule has 0 aliphatic heterocycles. The lowest BCUT2D eigenvalue weighted by atomic mass is 10.2. The van der Waals surface area contributed by atoms with E-state index < -0.39 is 12.7 Å². The largest absolute Gasteiger partial charge is 0.408 e. The van der Waals surface area contributed by atoms with Gasteiger partial charge in [0.25, 0.3) is 0 Å². The molecule has 0 amide bonds. The number of aryl methyl sites for hydroxylation is 1. The third-order valence-corrected chi connectivity index (χ3v) is 2.10. The number of rotatable bonds is 3. The molecule has 2 rings (SSSR count). The summed E-state index contributed by atoms with van der Waals surface area (Å²) in [6.45, 7) is 0.475. The summed E-state index contributed by atoms with van der Waals surface area (Å²) in [5, 5.41) is 10.6. The van der Waals surface area contributed by atoms with Gasteiger partial charge in [0.05, 0.1) is 6.42 Å². The molecule has 0 spiro atoms. The second kappa shape index (κ2) is 4.15. The van der Waals surface area contributed by atoms with Crippen LogP contribution < -0.4 is 0 Å². The molecule has 0 aromatic carbocycles. The summed E-state index contributed by atoms with van der Waals surface area (Å²) in [7, 11) is 0. The Kier molecular flexibility index (Phi) is 2.82. The van der Waals surface area contributed by atoms with Gasteiger partial charge in [-0.1, -0.05) is 10.3 Å². The third-order valence-electron chi connectivity index (χ3n) is 2.10. The second-order valence-electron chi connectivity index (χ2n) is 3.42. The van der Waals surface area contributed by atoms with Gasteiger partial charge in [-0.25, -0.2) is 14.3 Å². The van der Waals surface area contributed by atoms with Crippen molar-refractivity contribution >= 4 is 0 Å². The molecular formula is C8H8F3N5O. The molecule has 0 aliphatic carbocycles. The van der Waals surface area contributed by atoms with Gasteiger partial charge in [-0.2, -0.15) is 18.3 Å². The van der Waals surface area contributed by atoms with Crippen LogP contribution in [0, 0.1) is 6.92 Å². The SMILES string of the molecule is Cc1nonc1Cc1ncnn1CC(F)(F)F. The van der Waals surface area contributed by atoms with E-state index in [1.54, 1.807) is 6.92 Å². The molecule has 2 aromatic rings. The van der Waals surface area contributed by atoms with Gasteiger partial charge in [-0.3, -0.25) is 0 Å². The van der Waals surface area contributed by atoms with Crippen LogP contribution in [-0.4, -0.2) is 31.3 Å². The van der Waals surface area contributed by atoms with Gasteiger partial charge in [0.15, 0.2) is 0 Å². The highest BCUT2D eigenvalue weighted by Gasteiger charge is 2.29. The van der Waals surface area contributed by atoms with E-state index in [4.69, 9.17) is 0 Å². The van der Waals surface area contributed by atoms with Crippen molar-refractivity contribution in [3.05, 3.63) is 23.5 Å². The van der Waals surface area contributed by atoms with Gasteiger partial charge in [0.2, 0.25) is 0 Å². The van der Waals surface area contributed by atoms with Crippen molar-refractivity contribution in [2.45, 2.75) is 26.1 Å². The Balaban J connectivity index is 2.17. The lowest BCUT2D eigenvalue weighted by Gasteiger charge is -2.08.